The summed E-state index contributed by atoms with van der Waals surface area (Å²) in [4.78, 5) is 21.3. The smallest absolute Gasteiger partial charge is 0.303 e. The van der Waals surface area contributed by atoms with Crippen LogP contribution in [0, 0.1) is 6.92 Å². The van der Waals surface area contributed by atoms with Crippen LogP contribution in [0.2, 0.25) is 0 Å². The van der Waals surface area contributed by atoms with Crippen LogP contribution in [-0.4, -0.2) is 37.4 Å². The monoisotopic (exact) mass is 316 g/mol. The summed E-state index contributed by atoms with van der Waals surface area (Å²) < 4.78 is 1.97. The van der Waals surface area contributed by atoms with Crippen molar-refractivity contribution in [1.82, 2.24) is 19.7 Å². The van der Waals surface area contributed by atoms with Crippen molar-refractivity contribution in [3.8, 4) is 0 Å². The molecule has 0 aromatic carbocycles. The van der Waals surface area contributed by atoms with Crippen LogP contribution in [0.15, 0.2) is 12.1 Å². The number of aliphatic carboxylic acids is 1. The largest absolute Gasteiger partial charge is 0.481 e. The number of nitrogens with zero attached hydrogens (tertiary/aromatic N) is 5. The van der Waals surface area contributed by atoms with Crippen LogP contribution in [-0.2, 0) is 24.3 Å². The van der Waals surface area contributed by atoms with Crippen LogP contribution in [0.1, 0.15) is 29.9 Å². The molecule has 0 atom stereocenters. The van der Waals surface area contributed by atoms with Crippen molar-refractivity contribution >= 4 is 17.7 Å². The Hall–Kier alpha value is -2.64. The van der Waals surface area contributed by atoms with E-state index in [0.717, 1.165) is 42.4 Å². The van der Waals surface area contributed by atoms with E-state index in [0.29, 0.717) is 13.0 Å². The molecule has 3 N–H and O–H groups in total. The number of anilines is 2. The Morgan fingerprint density at radius 2 is 2.17 bits per heavy atom. The van der Waals surface area contributed by atoms with Gasteiger partial charge in [0.2, 0.25) is 5.95 Å². The quantitative estimate of drug-likeness (QED) is 0.865. The zero-order valence-corrected chi connectivity index (χ0v) is 13.1. The predicted octanol–water partition coefficient (Wildman–Crippen LogP) is 0.991. The lowest BCUT2D eigenvalue weighted by Gasteiger charge is -2.21. The fourth-order valence-electron chi connectivity index (χ4n) is 2.81. The first-order valence-corrected chi connectivity index (χ1v) is 7.65. The minimum Gasteiger partial charge on any atom is -0.481 e. The van der Waals surface area contributed by atoms with Gasteiger partial charge in [0.25, 0.3) is 0 Å². The first-order chi connectivity index (χ1) is 11.0. The van der Waals surface area contributed by atoms with Crippen LogP contribution in [0.3, 0.4) is 0 Å². The summed E-state index contributed by atoms with van der Waals surface area (Å²) >= 11 is 0. The molecule has 0 fully saturated rings. The lowest BCUT2D eigenvalue weighted by Crippen LogP contribution is -2.24. The number of carboxylic acid groups (broad SMARTS) is 1. The number of aromatic nitrogens is 4. The normalized spacial score (nSPS) is 14.4. The summed E-state index contributed by atoms with van der Waals surface area (Å²) in [6.07, 6.45) is 1.49. The Labute approximate surface area is 134 Å². The molecule has 0 aliphatic carbocycles. The maximum absolute atomic E-state index is 10.7. The van der Waals surface area contributed by atoms with E-state index in [1.807, 2.05) is 23.7 Å². The Kier molecular flexibility index (Phi) is 4.14. The Morgan fingerprint density at radius 3 is 2.91 bits per heavy atom. The number of nitrogen functional groups attached to an aromatic ring is 1. The Balaban J connectivity index is 1.81. The number of carbonyl (C=O) groups is 1. The number of fused-ring (bicyclic) bond motifs is 1. The van der Waals surface area contributed by atoms with Crippen molar-refractivity contribution in [3.63, 3.8) is 0 Å². The fraction of sp³-hybridized carbons (Fsp3) is 0.467. The van der Waals surface area contributed by atoms with Gasteiger partial charge >= 0.3 is 5.97 Å². The van der Waals surface area contributed by atoms with Crippen molar-refractivity contribution in [2.75, 3.05) is 17.2 Å². The molecule has 0 bridgehead atoms. The molecule has 0 radical (unpaired) electrons. The third-order valence-corrected chi connectivity index (χ3v) is 3.84. The molecular weight excluding hydrogens is 296 g/mol. The van der Waals surface area contributed by atoms with Gasteiger partial charge in [0.05, 0.1) is 24.4 Å². The lowest BCUT2D eigenvalue weighted by atomic mass is 10.2. The zero-order chi connectivity index (χ0) is 16.4. The number of aryl methyl sites for hydroxylation is 3. The van der Waals surface area contributed by atoms with Crippen LogP contribution in [0.25, 0.3) is 0 Å². The second-order valence-electron chi connectivity index (χ2n) is 5.74. The summed E-state index contributed by atoms with van der Waals surface area (Å²) in [5.74, 6) is 0.290. The number of nitrogens with two attached hydrogens (primary N) is 1. The molecule has 23 heavy (non-hydrogen) atoms. The van der Waals surface area contributed by atoms with Gasteiger partial charge in [0.15, 0.2) is 0 Å². The predicted molar refractivity (Wildman–Crippen MR) is 85.0 cm³/mol. The molecule has 1 aliphatic heterocycles. The van der Waals surface area contributed by atoms with E-state index in [1.165, 1.54) is 0 Å². The van der Waals surface area contributed by atoms with Gasteiger partial charge in [-0.05, 0) is 19.4 Å². The number of hydrogen-bond donors (Lipinski definition) is 2. The highest BCUT2D eigenvalue weighted by molar-refractivity contribution is 5.66. The first-order valence-electron chi connectivity index (χ1n) is 7.65. The average molecular weight is 316 g/mol. The first kappa shape index (κ1) is 15.3. The zero-order valence-electron chi connectivity index (χ0n) is 13.1. The van der Waals surface area contributed by atoms with Crippen molar-refractivity contribution in [2.45, 2.75) is 39.3 Å². The molecule has 1 aliphatic rings. The van der Waals surface area contributed by atoms with Crippen molar-refractivity contribution < 1.29 is 9.90 Å². The molecule has 0 spiro atoms. The van der Waals surface area contributed by atoms with Gasteiger partial charge in [-0.15, -0.1) is 0 Å². The maximum Gasteiger partial charge on any atom is 0.303 e. The van der Waals surface area contributed by atoms with E-state index in [4.69, 9.17) is 10.8 Å². The number of hydrogen-bond acceptors (Lipinski definition) is 6. The van der Waals surface area contributed by atoms with Gasteiger partial charge in [-0.1, -0.05) is 0 Å². The molecular formula is C15H20N6O2. The standard InChI is InChI=1S/C15H20N6O2/c1-10-7-13(18-15(16)17-10)20-5-2-6-21-12(9-20)8-11(19-21)3-4-14(22)23/h7-8H,2-6,9H2,1H3,(H,22,23)(H2,16,17,18). The minimum absolute atomic E-state index is 0.0990. The lowest BCUT2D eigenvalue weighted by molar-refractivity contribution is -0.136. The highest BCUT2D eigenvalue weighted by atomic mass is 16.4. The number of carboxylic acids is 1. The van der Waals surface area contributed by atoms with E-state index < -0.39 is 5.97 Å². The van der Waals surface area contributed by atoms with Crippen molar-refractivity contribution in [1.29, 1.82) is 0 Å². The Morgan fingerprint density at radius 1 is 1.35 bits per heavy atom. The second-order valence-corrected chi connectivity index (χ2v) is 5.74. The van der Waals surface area contributed by atoms with Crippen molar-refractivity contribution in [2.24, 2.45) is 0 Å². The molecule has 2 aromatic rings. The van der Waals surface area contributed by atoms with Gasteiger partial charge in [0.1, 0.15) is 5.82 Å². The molecule has 8 heteroatoms. The van der Waals surface area contributed by atoms with Gasteiger partial charge in [-0.2, -0.15) is 10.1 Å². The van der Waals surface area contributed by atoms with Gasteiger partial charge in [-0.3, -0.25) is 9.48 Å². The van der Waals surface area contributed by atoms with Crippen LogP contribution in [0.5, 0.6) is 0 Å². The fourth-order valence-corrected chi connectivity index (χ4v) is 2.81. The van der Waals surface area contributed by atoms with Gasteiger partial charge < -0.3 is 15.7 Å². The van der Waals surface area contributed by atoms with E-state index in [-0.39, 0.29) is 12.4 Å². The SMILES string of the molecule is Cc1cc(N2CCCn3nc(CCC(=O)O)cc3C2)nc(N)n1. The third kappa shape index (κ3) is 3.58. The molecule has 0 amide bonds. The summed E-state index contributed by atoms with van der Waals surface area (Å²) in [7, 11) is 0. The van der Waals surface area contributed by atoms with Crippen LogP contribution in [0.4, 0.5) is 11.8 Å². The van der Waals surface area contributed by atoms with E-state index in [1.54, 1.807) is 0 Å². The minimum atomic E-state index is -0.804. The second kappa shape index (κ2) is 6.23. The topological polar surface area (TPSA) is 110 Å². The molecule has 3 rings (SSSR count). The highest BCUT2D eigenvalue weighted by Crippen LogP contribution is 2.21. The van der Waals surface area contributed by atoms with Crippen LogP contribution < -0.4 is 10.6 Å². The Bertz CT molecular complexity index is 707. The molecule has 3 heterocycles. The van der Waals surface area contributed by atoms with E-state index >= 15 is 0 Å². The molecule has 2 aromatic heterocycles. The van der Waals surface area contributed by atoms with Crippen molar-refractivity contribution in [3.05, 3.63) is 29.2 Å². The highest BCUT2D eigenvalue weighted by Gasteiger charge is 2.18. The number of rotatable bonds is 4. The molecule has 8 nitrogen and oxygen atoms in total. The molecule has 0 saturated carbocycles. The van der Waals surface area contributed by atoms with Gasteiger partial charge in [0, 0.05) is 31.3 Å². The summed E-state index contributed by atoms with van der Waals surface area (Å²) in [5.41, 5.74) is 8.48. The van der Waals surface area contributed by atoms with E-state index in [2.05, 4.69) is 20.0 Å². The summed E-state index contributed by atoms with van der Waals surface area (Å²) in [6.45, 7) is 4.26. The molecule has 0 unspecified atom stereocenters. The molecule has 122 valence electrons. The van der Waals surface area contributed by atoms with Crippen LogP contribution >= 0.6 is 0 Å². The average Bonchev–Trinajstić information content (AvgIpc) is 2.75. The van der Waals surface area contributed by atoms with E-state index in [9.17, 15) is 4.79 Å². The third-order valence-electron chi connectivity index (χ3n) is 3.84. The maximum atomic E-state index is 10.7. The summed E-state index contributed by atoms with van der Waals surface area (Å²) in [5, 5.41) is 13.3. The van der Waals surface area contributed by atoms with Gasteiger partial charge in [-0.25, -0.2) is 4.98 Å². The molecule has 0 saturated heterocycles. The summed E-state index contributed by atoms with van der Waals surface area (Å²) in [6, 6.07) is 3.91.